The maximum Gasteiger partial charge on any atom is 0.416 e. The maximum absolute atomic E-state index is 13.2. The molecule has 1 amide bonds. The quantitative estimate of drug-likeness (QED) is 0.614. The Bertz CT molecular complexity index is 931. The van der Waals surface area contributed by atoms with Gasteiger partial charge in [-0.3, -0.25) is 9.69 Å². The van der Waals surface area contributed by atoms with E-state index in [-0.39, 0.29) is 5.91 Å². The molecule has 0 atom stereocenters. The van der Waals surface area contributed by atoms with Gasteiger partial charge in [-0.1, -0.05) is 26.0 Å². The second-order valence-corrected chi connectivity index (χ2v) is 7.73. The summed E-state index contributed by atoms with van der Waals surface area (Å²) >= 11 is 0. The number of nitrogens with one attached hydrogen (secondary N) is 1. The molecule has 1 aromatic heterocycles. The van der Waals surface area contributed by atoms with E-state index < -0.39 is 11.7 Å². The molecule has 4 rings (SSSR count). The Labute approximate surface area is 187 Å². The molecule has 5 nitrogen and oxygen atoms in total. The zero-order valence-corrected chi connectivity index (χ0v) is 18.6. The van der Waals surface area contributed by atoms with Gasteiger partial charge >= 0.3 is 6.18 Å². The number of unbranched alkanes of at least 4 members (excludes halogenated alkanes) is 1. The average molecular weight is 450 g/mol. The lowest BCUT2D eigenvalue weighted by molar-refractivity contribution is -0.138. The van der Waals surface area contributed by atoms with Crippen LogP contribution in [-0.2, 0) is 30.4 Å². The van der Waals surface area contributed by atoms with Crippen molar-refractivity contribution in [3.8, 4) is 5.88 Å². The molecule has 0 bridgehead atoms. The summed E-state index contributed by atoms with van der Waals surface area (Å²) in [4.78, 5) is 18.0. The number of alkyl halides is 3. The van der Waals surface area contributed by atoms with E-state index >= 15 is 0 Å². The summed E-state index contributed by atoms with van der Waals surface area (Å²) in [5, 5.41) is 2.76. The third kappa shape index (κ3) is 6.00. The second kappa shape index (κ2) is 10.8. The second-order valence-electron chi connectivity index (χ2n) is 7.73. The first-order valence-corrected chi connectivity index (χ1v) is 11.2. The number of fused-ring (bicyclic) bond motifs is 2. The summed E-state index contributed by atoms with van der Waals surface area (Å²) in [6.45, 7) is 6.49. The molecular weight excluding hydrogens is 419 g/mol. The highest BCUT2D eigenvalue weighted by Crippen LogP contribution is 2.35. The van der Waals surface area contributed by atoms with E-state index in [1.54, 1.807) is 6.07 Å². The third-order valence-corrected chi connectivity index (χ3v) is 5.60. The number of pyridine rings is 1. The van der Waals surface area contributed by atoms with Crippen molar-refractivity contribution in [1.29, 1.82) is 0 Å². The molecule has 0 unspecified atom stereocenters. The monoisotopic (exact) mass is 449 g/mol. The van der Waals surface area contributed by atoms with Crippen LogP contribution in [0.25, 0.3) is 0 Å². The Hall–Kier alpha value is -2.61. The molecule has 174 valence electrons. The number of carbonyl (C=O) groups is 1. The van der Waals surface area contributed by atoms with Gasteiger partial charge < -0.3 is 10.1 Å². The topological polar surface area (TPSA) is 54.5 Å². The van der Waals surface area contributed by atoms with Gasteiger partial charge in [-0.25, -0.2) is 0 Å². The molecule has 1 N–H and O–H groups in total. The summed E-state index contributed by atoms with van der Waals surface area (Å²) in [6.07, 6.45) is -0.997. The maximum atomic E-state index is 13.2. The number of amides is 1. The first kappa shape index (κ1) is 24.0. The minimum absolute atomic E-state index is 0.0300. The van der Waals surface area contributed by atoms with Gasteiger partial charge in [-0.15, -0.1) is 0 Å². The summed E-state index contributed by atoms with van der Waals surface area (Å²) in [5.74, 6) is 1.04. The van der Waals surface area contributed by atoms with Gasteiger partial charge in [0.2, 0.25) is 11.8 Å². The first-order chi connectivity index (χ1) is 15.4. The highest BCUT2D eigenvalue weighted by molar-refractivity contribution is 5.92. The van der Waals surface area contributed by atoms with Gasteiger partial charge in [0.15, 0.2) is 0 Å². The lowest BCUT2D eigenvalue weighted by Gasteiger charge is -2.30. The Morgan fingerprint density at radius 1 is 1.06 bits per heavy atom. The molecule has 2 aromatic rings. The molecule has 1 aromatic carbocycles. The molecule has 2 aliphatic heterocycles. The van der Waals surface area contributed by atoms with Crippen molar-refractivity contribution >= 4 is 11.7 Å². The van der Waals surface area contributed by atoms with Crippen LogP contribution in [0.3, 0.4) is 0 Å². The number of hydrogen-bond donors (Lipinski definition) is 1. The number of hydrogen-bond acceptors (Lipinski definition) is 4. The van der Waals surface area contributed by atoms with Crippen LogP contribution in [0.2, 0.25) is 0 Å². The average Bonchev–Trinajstić information content (AvgIpc) is 2.78. The molecule has 0 saturated carbocycles. The van der Waals surface area contributed by atoms with Gasteiger partial charge in [0.25, 0.3) is 0 Å². The smallest absolute Gasteiger partial charge is 0.416 e. The zero-order valence-electron chi connectivity index (χ0n) is 18.6. The van der Waals surface area contributed by atoms with Crippen LogP contribution in [0.1, 0.15) is 55.4 Å². The molecule has 3 heterocycles. The van der Waals surface area contributed by atoms with E-state index in [1.165, 1.54) is 12.1 Å². The minimum atomic E-state index is -4.29. The van der Waals surface area contributed by atoms with E-state index in [1.807, 2.05) is 26.0 Å². The van der Waals surface area contributed by atoms with Crippen LogP contribution in [0, 0.1) is 0 Å². The van der Waals surface area contributed by atoms with Crippen LogP contribution >= 0.6 is 0 Å². The summed E-state index contributed by atoms with van der Waals surface area (Å²) in [5.41, 5.74) is 1.73. The Kier molecular flexibility index (Phi) is 8.12. The van der Waals surface area contributed by atoms with Crippen molar-refractivity contribution in [3.05, 3.63) is 52.6 Å². The third-order valence-electron chi connectivity index (χ3n) is 5.60. The van der Waals surface area contributed by atoms with Crippen molar-refractivity contribution in [1.82, 2.24) is 9.88 Å². The summed E-state index contributed by atoms with van der Waals surface area (Å²) in [6, 6.07) is 8.20. The lowest BCUT2D eigenvalue weighted by atomic mass is 9.94. The van der Waals surface area contributed by atoms with Gasteiger partial charge in [-0.05, 0) is 61.1 Å². The standard InChI is InChI=1S/C22H24F3N3O2.C2H6/c23-22(24,25)18-5-3-4-16-14-28(12-10-17(16)18)11-1-2-13-30-20-9-7-15-6-8-19(29)26-21(15)27-20;1-2/h3-5,7,9H,1-2,6,8,10-14H2,(H,26,27,29);1-2H3. The lowest BCUT2D eigenvalue weighted by Crippen LogP contribution is -2.32. The van der Waals surface area contributed by atoms with Crippen molar-refractivity contribution in [2.75, 3.05) is 25.0 Å². The summed E-state index contributed by atoms with van der Waals surface area (Å²) < 4.78 is 45.2. The van der Waals surface area contributed by atoms with E-state index in [2.05, 4.69) is 15.2 Å². The predicted molar refractivity (Wildman–Crippen MR) is 118 cm³/mol. The van der Waals surface area contributed by atoms with Gasteiger partial charge in [0.05, 0.1) is 12.2 Å². The highest BCUT2D eigenvalue weighted by atomic mass is 19.4. The molecule has 0 radical (unpaired) electrons. The fraction of sp³-hybridized carbons (Fsp3) is 0.500. The van der Waals surface area contributed by atoms with Crippen LogP contribution < -0.4 is 10.1 Å². The van der Waals surface area contributed by atoms with E-state index in [0.29, 0.717) is 56.2 Å². The number of rotatable bonds is 6. The number of carbonyl (C=O) groups excluding carboxylic acids is 1. The SMILES string of the molecule is CC.O=C1CCc2ccc(OCCCCN3CCc4c(cccc4C(F)(F)F)C3)nc2N1. The molecule has 8 heteroatoms. The van der Waals surface area contributed by atoms with Crippen molar-refractivity contribution in [2.24, 2.45) is 0 Å². The van der Waals surface area contributed by atoms with E-state index in [0.717, 1.165) is 30.5 Å². The Balaban J connectivity index is 0.00000141. The molecule has 0 spiro atoms. The van der Waals surface area contributed by atoms with E-state index in [9.17, 15) is 18.0 Å². The molecule has 2 aliphatic rings. The van der Waals surface area contributed by atoms with Crippen molar-refractivity contribution in [3.63, 3.8) is 0 Å². The van der Waals surface area contributed by atoms with Crippen LogP contribution in [0.4, 0.5) is 19.0 Å². The van der Waals surface area contributed by atoms with Crippen molar-refractivity contribution in [2.45, 2.75) is 58.7 Å². The van der Waals surface area contributed by atoms with Crippen LogP contribution in [0.15, 0.2) is 30.3 Å². The number of anilines is 1. The summed E-state index contributed by atoms with van der Waals surface area (Å²) in [7, 11) is 0. The molecular formula is C24H30F3N3O2. The number of aryl methyl sites for hydroxylation is 1. The molecule has 0 fully saturated rings. The predicted octanol–water partition coefficient (Wildman–Crippen LogP) is 5.23. The van der Waals surface area contributed by atoms with Gasteiger partial charge in [-0.2, -0.15) is 18.2 Å². The highest BCUT2D eigenvalue weighted by Gasteiger charge is 2.35. The molecule has 0 saturated heterocycles. The molecule has 32 heavy (non-hydrogen) atoms. The number of aromatic nitrogens is 1. The molecule has 0 aliphatic carbocycles. The minimum Gasteiger partial charge on any atom is -0.478 e. The zero-order chi connectivity index (χ0) is 23.1. The van der Waals surface area contributed by atoms with Crippen LogP contribution in [0.5, 0.6) is 5.88 Å². The van der Waals surface area contributed by atoms with Crippen LogP contribution in [-0.4, -0.2) is 35.5 Å². The fourth-order valence-corrected chi connectivity index (χ4v) is 4.04. The van der Waals surface area contributed by atoms with E-state index in [4.69, 9.17) is 4.74 Å². The number of halogens is 3. The van der Waals surface area contributed by atoms with Gasteiger partial charge in [0, 0.05) is 25.6 Å². The normalized spacial score (nSPS) is 15.7. The fourth-order valence-electron chi connectivity index (χ4n) is 4.04. The van der Waals surface area contributed by atoms with Gasteiger partial charge in [0.1, 0.15) is 5.82 Å². The number of benzene rings is 1. The number of ether oxygens (including phenoxy) is 1. The van der Waals surface area contributed by atoms with Crippen molar-refractivity contribution < 1.29 is 22.7 Å². The Morgan fingerprint density at radius 2 is 1.88 bits per heavy atom. The Morgan fingerprint density at radius 3 is 2.66 bits per heavy atom. The first-order valence-electron chi connectivity index (χ1n) is 11.2. The largest absolute Gasteiger partial charge is 0.478 e. The number of nitrogens with zero attached hydrogens (tertiary/aromatic N) is 2.